The number of hydrogen-bond donors (Lipinski definition) is 2. The molecule has 1 aromatic heterocycles. The van der Waals surface area contributed by atoms with Crippen molar-refractivity contribution in [2.45, 2.75) is 13.8 Å². The number of aryl methyl sites for hydroxylation is 3. The quantitative estimate of drug-likeness (QED) is 0.823. The Morgan fingerprint density at radius 1 is 1.38 bits per heavy atom. The second-order valence-corrected chi connectivity index (χ2v) is 4.59. The summed E-state index contributed by atoms with van der Waals surface area (Å²) in [6.45, 7) is 4.01. The highest BCUT2D eigenvalue weighted by Crippen LogP contribution is 2.28. The van der Waals surface area contributed by atoms with Gasteiger partial charge in [0.25, 0.3) is 0 Å². The second kappa shape index (κ2) is 3.88. The first-order valence-corrected chi connectivity index (χ1v) is 6.07. The summed E-state index contributed by atoms with van der Waals surface area (Å²) in [5.41, 5.74) is 3.25. The molecule has 0 saturated heterocycles. The van der Waals surface area contributed by atoms with Gasteiger partial charge in [0.1, 0.15) is 0 Å². The largest absolute Gasteiger partial charge is 0.275 e. The van der Waals surface area contributed by atoms with Gasteiger partial charge in [-0.05, 0) is 25.0 Å². The summed E-state index contributed by atoms with van der Waals surface area (Å²) in [7, 11) is 1.86. The lowest BCUT2D eigenvalue weighted by molar-refractivity contribution is 0.687. The van der Waals surface area contributed by atoms with Gasteiger partial charge in [0, 0.05) is 12.4 Å². The molecular weight excluding hydrogens is 224 g/mol. The van der Waals surface area contributed by atoms with Crippen LogP contribution in [0.1, 0.15) is 11.1 Å². The number of fused-ring (bicyclic) bond motifs is 1. The van der Waals surface area contributed by atoms with Crippen molar-refractivity contribution < 1.29 is 4.21 Å². The SMILES string of the molecule is Cc1ccc(C)c2c1c(NS(N)=O)nn2C. The molecule has 1 aromatic carbocycles. The fourth-order valence-electron chi connectivity index (χ4n) is 1.93. The zero-order valence-electron chi connectivity index (χ0n) is 9.44. The Kier molecular flexibility index (Phi) is 2.69. The molecule has 0 fully saturated rings. The summed E-state index contributed by atoms with van der Waals surface area (Å²) in [4.78, 5) is 0. The van der Waals surface area contributed by atoms with Crippen LogP contribution in [0.3, 0.4) is 0 Å². The Morgan fingerprint density at radius 2 is 2.00 bits per heavy atom. The van der Waals surface area contributed by atoms with Crippen molar-refractivity contribution in [1.82, 2.24) is 9.78 Å². The standard InChI is InChI=1S/C10H14N4OS/c1-6-4-5-7(2)9-8(6)10(12-14(9)3)13-16(11)15/h4-5H,11H2,1-3H3,(H,12,13). The number of nitrogens with two attached hydrogens (primary N) is 1. The maximum atomic E-state index is 11.0. The molecule has 0 spiro atoms. The van der Waals surface area contributed by atoms with Gasteiger partial charge in [-0.2, -0.15) is 5.10 Å². The highest BCUT2D eigenvalue weighted by Gasteiger charge is 2.13. The molecule has 5 nitrogen and oxygen atoms in total. The molecule has 0 radical (unpaired) electrons. The van der Waals surface area contributed by atoms with Gasteiger partial charge in [-0.25, -0.2) is 9.35 Å². The van der Waals surface area contributed by atoms with Crippen LogP contribution in [0, 0.1) is 13.8 Å². The number of aromatic nitrogens is 2. The molecule has 2 aromatic rings. The van der Waals surface area contributed by atoms with E-state index in [0.29, 0.717) is 5.82 Å². The van der Waals surface area contributed by atoms with Gasteiger partial charge in [0.2, 0.25) is 0 Å². The van der Waals surface area contributed by atoms with Crippen LogP contribution in [-0.4, -0.2) is 14.0 Å². The molecule has 1 unspecified atom stereocenters. The van der Waals surface area contributed by atoms with E-state index in [1.807, 2.05) is 33.0 Å². The minimum absolute atomic E-state index is 0.569. The van der Waals surface area contributed by atoms with Crippen LogP contribution in [0.25, 0.3) is 10.9 Å². The molecule has 2 rings (SSSR count). The molecular formula is C10H14N4OS. The van der Waals surface area contributed by atoms with Crippen LogP contribution < -0.4 is 9.86 Å². The van der Waals surface area contributed by atoms with Crippen molar-refractivity contribution in [3.05, 3.63) is 23.3 Å². The maximum Gasteiger partial charge on any atom is 0.192 e. The fourth-order valence-corrected chi connectivity index (χ4v) is 2.26. The minimum Gasteiger partial charge on any atom is -0.275 e. The second-order valence-electron chi connectivity index (χ2n) is 3.79. The number of nitrogens with one attached hydrogen (secondary N) is 1. The third-order valence-corrected chi connectivity index (χ3v) is 2.99. The van der Waals surface area contributed by atoms with E-state index in [9.17, 15) is 4.21 Å². The summed E-state index contributed by atoms with van der Waals surface area (Å²) in [6, 6.07) is 4.06. The van der Waals surface area contributed by atoms with Crippen molar-refractivity contribution in [3.63, 3.8) is 0 Å². The summed E-state index contributed by atoms with van der Waals surface area (Å²) in [5.74, 6) is 0.569. The number of rotatable bonds is 2. The Bertz CT molecular complexity index is 576. The average Bonchev–Trinajstić information content (AvgIpc) is 2.49. The zero-order chi connectivity index (χ0) is 11.9. The van der Waals surface area contributed by atoms with Crippen molar-refractivity contribution in [2.75, 3.05) is 4.72 Å². The van der Waals surface area contributed by atoms with Gasteiger partial charge in [-0.3, -0.25) is 9.40 Å². The van der Waals surface area contributed by atoms with E-state index in [4.69, 9.17) is 5.14 Å². The van der Waals surface area contributed by atoms with Crippen LogP contribution in [-0.2, 0) is 18.2 Å². The van der Waals surface area contributed by atoms with E-state index in [-0.39, 0.29) is 0 Å². The van der Waals surface area contributed by atoms with E-state index in [2.05, 4.69) is 9.82 Å². The molecule has 3 N–H and O–H groups in total. The van der Waals surface area contributed by atoms with Gasteiger partial charge in [0.05, 0.1) is 5.52 Å². The summed E-state index contributed by atoms with van der Waals surface area (Å²) in [5, 5.41) is 10.5. The first kappa shape index (κ1) is 11.1. The predicted molar refractivity (Wildman–Crippen MR) is 66.1 cm³/mol. The molecule has 6 heteroatoms. The Balaban J connectivity index is 2.77. The van der Waals surface area contributed by atoms with Gasteiger partial charge < -0.3 is 0 Å². The smallest absolute Gasteiger partial charge is 0.192 e. The first-order valence-electron chi connectivity index (χ1n) is 4.86. The van der Waals surface area contributed by atoms with Gasteiger partial charge in [0.15, 0.2) is 17.0 Å². The Hall–Kier alpha value is -1.40. The van der Waals surface area contributed by atoms with E-state index < -0.39 is 11.2 Å². The Morgan fingerprint density at radius 3 is 2.62 bits per heavy atom. The maximum absolute atomic E-state index is 11.0. The topological polar surface area (TPSA) is 72.9 Å². The molecule has 0 amide bonds. The van der Waals surface area contributed by atoms with Gasteiger partial charge in [-0.1, -0.05) is 12.1 Å². The third-order valence-electron chi connectivity index (χ3n) is 2.60. The van der Waals surface area contributed by atoms with Crippen LogP contribution in [0.5, 0.6) is 0 Å². The summed E-state index contributed by atoms with van der Waals surface area (Å²) in [6.07, 6.45) is 0. The predicted octanol–water partition coefficient (Wildman–Crippen LogP) is 1.14. The molecule has 1 atom stereocenters. The number of anilines is 1. The average molecular weight is 238 g/mol. The van der Waals surface area contributed by atoms with E-state index in [1.165, 1.54) is 0 Å². The minimum atomic E-state index is -1.60. The highest BCUT2D eigenvalue weighted by atomic mass is 32.2. The monoisotopic (exact) mass is 238 g/mol. The van der Waals surface area contributed by atoms with Crippen molar-refractivity contribution >= 4 is 27.9 Å². The van der Waals surface area contributed by atoms with Gasteiger partial charge >= 0.3 is 0 Å². The zero-order valence-corrected chi connectivity index (χ0v) is 10.3. The fraction of sp³-hybridized carbons (Fsp3) is 0.300. The van der Waals surface area contributed by atoms with E-state index in [0.717, 1.165) is 22.0 Å². The molecule has 16 heavy (non-hydrogen) atoms. The number of hydrogen-bond acceptors (Lipinski definition) is 2. The van der Waals surface area contributed by atoms with Crippen molar-refractivity contribution in [1.29, 1.82) is 0 Å². The summed E-state index contributed by atoms with van der Waals surface area (Å²) < 4.78 is 15.4. The number of nitrogens with zero attached hydrogens (tertiary/aromatic N) is 2. The molecule has 86 valence electrons. The molecule has 1 heterocycles. The lowest BCUT2D eigenvalue weighted by atomic mass is 10.1. The lowest BCUT2D eigenvalue weighted by Gasteiger charge is -2.02. The molecule has 0 aliphatic carbocycles. The van der Waals surface area contributed by atoms with Gasteiger partial charge in [-0.15, -0.1) is 0 Å². The van der Waals surface area contributed by atoms with E-state index >= 15 is 0 Å². The normalized spacial score (nSPS) is 13.0. The summed E-state index contributed by atoms with van der Waals surface area (Å²) >= 11 is -1.60. The number of benzene rings is 1. The van der Waals surface area contributed by atoms with Crippen LogP contribution >= 0.6 is 0 Å². The van der Waals surface area contributed by atoms with Crippen LogP contribution in [0.2, 0.25) is 0 Å². The van der Waals surface area contributed by atoms with E-state index in [1.54, 1.807) is 4.68 Å². The van der Waals surface area contributed by atoms with Crippen LogP contribution in [0.15, 0.2) is 12.1 Å². The highest BCUT2D eigenvalue weighted by molar-refractivity contribution is 7.84. The molecule has 0 saturated carbocycles. The molecule has 0 aliphatic rings. The molecule has 0 aliphatic heterocycles. The third kappa shape index (κ3) is 1.70. The lowest BCUT2D eigenvalue weighted by Crippen LogP contribution is -2.13. The van der Waals surface area contributed by atoms with Crippen molar-refractivity contribution in [2.24, 2.45) is 12.2 Å². The molecule has 0 bridgehead atoms. The Labute approximate surface area is 96.3 Å². The first-order chi connectivity index (χ1) is 7.50. The van der Waals surface area contributed by atoms with Crippen molar-refractivity contribution in [3.8, 4) is 0 Å². The van der Waals surface area contributed by atoms with Crippen LogP contribution in [0.4, 0.5) is 5.82 Å².